The predicted molar refractivity (Wildman–Crippen MR) is 95.4 cm³/mol. The molecule has 0 fully saturated rings. The molecule has 0 radical (unpaired) electrons. The second-order valence-corrected chi connectivity index (χ2v) is 6.58. The molecule has 0 atom stereocenters. The Morgan fingerprint density at radius 1 is 1.12 bits per heavy atom. The Morgan fingerprint density at radius 2 is 1.88 bits per heavy atom. The van der Waals surface area contributed by atoms with Gasteiger partial charge in [0.1, 0.15) is 0 Å². The molecule has 1 N–H and O–H groups in total. The smallest absolute Gasteiger partial charge is 0.227 e. The Hall–Kier alpha value is -2.20. The number of carbonyl (C=O) groups excluding carboxylic acids is 1. The zero-order valence-electron chi connectivity index (χ0n) is 14.5. The van der Waals surface area contributed by atoms with Crippen molar-refractivity contribution in [2.75, 3.05) is 13.2 Å². The van der Waals surface area contributed by atoms with Crippen LogP contribution in [0.4, 0.5) is 0 Å². The van der Waals surface area contributed by atoms with E-state index in [9.17, 15) is 4.79 Å². The highest BCUT2D eigenvalue weighted by Crippen LogP contribution is 2.17. The van der Waals surface area contributed by atoms with Gasteiger partial charge in [-0.1, -0.05) is 36.4 Å². The summed E-state index contributed by atoms with van der Waals surface area (Å²) in [6.07, 6.45) is 5.45. The lowest BCUT2D eigenvalue weighted by molar-refractivity contribution is -0.132. The van der Waals surface area contributed by atoms with Crippen LogP contribution in [-0.4, -0.2) is 24.0 Å². The van der Waals surface area contributed by atoms with Gasteiger partial charge < -0.3 is 10.1 Å². The summed E-state index contributed by atoms with van der Waals surface area (Å²) in [7, 11) is 0. The summed E-state index contributed by atoms with van der Waals surface area (Å²) in [6.45, 7) is 5.41. The Morgan fingerprint density at radius 3 is 2.58 bits per heavy atom. The van der Waals surface area contributed by atoms with Crippen molar-refractivity contribution < 1.29 is 9.53 Å². The number of hydrogen-bond donors (Lipinski definition) is 1. The molecule has 0 bridgehead atoms. The standard InChI is InChI=1S/C20H26N2O2/c1-20(2,16-24-15-18-8-4-3-5-9-18)19(23)22-13-7-11-17-10-6-12-21-14-17/h3-6,8-10,12,14H,7,11,13,15-16H2,1-2H3,(H,22,23). The second kappa shape index (κ2) is 9.18. The van der Waals surface area contributed by atoms with E-state index in [4.69, 9.17) is 4.74 Å². The first-order chi connectivity index (χ1) is 11.6. The van der Waals surface area contributed by atoms with Gasteiger partial charge in [0.15, 0.2) is 0 Å². The molecule has 128 valence electrons. The number of ether oxygens (including phenoxy) is 1. The molecule has 1 amide bonds. The van der Waals surface area contributed by atoms with Crippen LogP contribution in [0.5, 0.6) is 0 Å². The van der Waals surface area contributed by atoms with E-state index in [-0.39, 0.29) is 5.91 Å². The van der Waals surface area contributed by atoms with Crippen molar-refractivity contribution in [1.29, 1.82) is 0 Å². The number of aryl methyl sites for hydroxylation is 1. The van der Waals surface area contributed by atoms with E-state index in [1.807, 2.05) is 56.4 Å². The number of rotatable bonds is 9. The number of pyridine rings is 1. The van der Waals surface area contributed by atoms with Crippen LogP contribution < -0.4 is 5.32 Å². The normalized spacial score (nSPS) is 11.2. The van der Waals surface area contributed by atoms with Crippen molar-refractivity contribution in [3.8, 4) is 0 Å². The van der Waals surface area contributed by atoms with Crippen molar-refractivity contribution in [1.82, 2.24) is 10.3 Å². The van der Waals surface area contributed by atoms with E-state index >= 15 is 0 Å². The summed E-state index contributed by atoms with van der Waals surface area (Å²) in [5.41, 5.74) is 1.77. The summed E-state index contributed by atoms with van der Waals surface area (Å²) >= 11 is 0. The van der Waals surface area contributed by atoms with Gasteiger partial charge in [-0.3, -0.25) is 9.78 Å². The van der Waals surface area contributed by atoms with Gasteiger partial charge in [0.25, 0.3) is 0 Å². The fourth-order valence-corrected chi connectivity index (χ4v) is 2.34. The number of aromatic nitrogens is 1. The number of nitrogens with zero attached hydrogens (tertiary/aromatic N) is 1. The molecular weight excluding hydrogens is 300 g/mol. The van der Waals surface area contributed by atoms with E-state index < -0.39 is 5.41 Å². The minimum absolute atomic E-state index is 0.0294. The Labute approximate surface area is 144 Å². The zero-order valence-corrected chi connectivity index (χ0v) is 14.5. The molecule has 0 unspecified atom stereocenters. The van der Waals surface area contributed by atoms with Crippen molar-refractivity contribution in [3.05, 3.63) is 66.0 Å². The highest BCUT2D eigenvalue weighted by Gasteiger charge is 2.27. The molecule has 2 rings (SSSR count). The summed E-state index contributed by atoms with van der Waals surface area (Å²) < 4.78 is 5.71. The van der Waals surface area contributed by atoms with Crippen LogP contribution in [0.2, 0.25) is 0 Å². The van der Waals surface area contributed by atoms with Gasteiger partial charge in [-0.2, -0.15) is 0 Å². The summed E-state index contributed by atoms with van der Waals surface area (Å²) in [6, 6.07) is 14.0. The maximum Gasteiger partial charge on any atom is 0.227 e. The average Bonchev–Trinajstić information content (AvgIpc) is 2.60. The molecule has 24 heavy (non-hydrogen) atoms. The minimum Gasteiger partial charge on any atom is -0.376 e. The maximum absolute atomic E-state index is 12.3. The quantitative estimate of drug-likeness (QED) is 0.719. The molecule has 1 aromatic carbocycles. The number of nitrogens with one attached hydrogen (secondary N) is 1. The topological polar surface area (TPSA) is 51.2 Å². The Bertz CT molecular complexity index is 612. The molecule has 4 nitrogen and oxygen atoms in total. The Kier molecular flexibility index (Phi) is 6.94. The lowest BCUT2D eigenvalue weighted by Crippen LogP contribution is -2.40. The van der Waals surface area contributed by atoms with Crippen molar-refractivity contribution in [2.45, 2.75) is 33.3 Å². The van der Waals surface area contributed by atoms with Crippen LogP contribution in [0.1, 0.15) is 31.4 Å². The van der Waals surface area contributed by atoms with Crippen LogP contribution in [0, 0.1) is 5.41 Å². The third kappa shape index (κ3) is 6.13. The van der Waals surface area contributed by atoms with Crippen LogP contribution in [-0.2, 0) is 22.6 Å². The zero-order chi connectivity index (χ0) is 17.3. The maximum atomic E-state index is 12.3. The van der Waals surface area contributed by atoms with E-state index in [0.29, 0.717) is 19.8 Å². The lowest BCUT2D eigenvalue weighted by Gasteiger charge is -2.23. The number of carbonyl (C=O) groups is 1. The summed E-state index contributed by atoms with van der Waals surface area (Å²) in [5, 5.41) is 3.00. The van der Waals surface area contributed by atoms with E-state index in [1.54, 1.807) is 6.20 Å². The largest absolute Gasteiger partial charge is 0.376 e. The fraction of sp³-hybridized carbons (Fsp3) is 0.400. The fourth-order valence-electron chi connectivity index (χ4n) is 2.34. The third-order valence-corrected chi connectivity index (χ3v) is 3.84. The predicted octanol–water partition coefficient (Wildman–Crippen LogP) is 3.37. The van der Waals surface area contributed by atoms with Crippen LogP contribution in [0.3, 0.4) is 0 Å². The first kappa shape index (κ1) is 18.1. The molecule has 2 aromatic rings. The molecule has 4 heteroatoms. The third-order valence-electron chi connectivity index (χ3n) is 3.84. The van der Waals surface area contributed by atoms with Crippen molar-refractivity contribution in [2.24, 2.45) is 5.41 Å². The van der Waals surface area contributed by atoms with E-state index in [0.717, 1.165) is 18.4 Å². The van der Waals surface area contributed by atoms with Crippen molar-refractivity contribution >= 4 is 5.91 Å². The van der Waals surface area contributed by atoms with Gasteiger partial charge in [-0.25, -0.2) is 0 Å². The van der Waals surface area contributed by atoms with Crippen LogP contribution in [0.15, 0.2) is 54.9 Å². The molecule has 0 saturated carbocycles. The molecule has 1 heterocycles. The molecule has 0 saturated heterocycles. The summed E-state index contributed by atoms with van der Waals surface area (Å²) in [5.74, 6) is 0.0294. The molecular formula is C20H26N2O2. The molecule has 1 aromatic heterocycles. The summed E-state index contributed by atoms with van der Waals surface area (Å²) in [4.78, 5) is 16.4. The van der Waals surface area contributed by atoms with Gasteiger partial charge in [0.2, 0.25) is 5.91 Å². The van der Waals surface area contributed by atoms with Crippen molar-refractivity contribution in [3.63, 3.8) is 0 Å². The van der Waals surface area contributed by atoms with Gasteiger partial charge in [-0.15, -0.1) is 0 Å². The van der Waals surface area contributed by atoms with Gasteiger partial charge in [0.05, 0.1) is 18.6 Å². The SMILES string of the molecule is CC(C)(COCc1ccccc1)C(=O)NCCCc1cccnc1. The van der Waals surface area contributed by atoms with Gasteiger partial charge in [-0.05, 0) is 43.9 Å². The highest BCUT2D eigenvalue weighted by molar-refractivity contribution is 5.81. The number of benzene rings is 1. The Balaban J connectivity index is 1.66. The van der Waals surface area contributed by atoms with Gasteiger partial charge in [0, 0.05) is 18.9 Å². The first-order valence-corrected chi connectivity index (χ1v) is 8.37. The average molecular weight is 326 g/mol. The lowest BCUT2D eigenvalue weighted by atomic mass is 9.93. The number of amides is 1. The minimum atomic E-state index is -0.539. The molecule has 0 aliphatic carbocycles. The second-order valence-electron chi connectivity index (χ2n) is 6.58. The van der Waals surface area contributed by atoms with Crippen LogP contribution >= 0.6 is 0 Å². The molecule has 0 aliphatic rings. The molecule has 0 spiro atoms. The van der Waals surface area contributed by atoms with E-state index in [2.05, 4.69) is 16.4 Å². The first-order valence-electron chi connectivity index (χ1n) is 8.37. The van der Waals surface area contributed by atoms with Gasteiger partial charge >= 0.3 is 0 Å². The van der Waals surface area contributed by atoms with Crippen LogP contribution in [0.25, 0.3) is 0 Å². The molecule has 0 aliphatic heterocycles. The monoisotopic (exact) mass is 326 g/mol. The van der Waals surface area contributed by atoms with E-state index in [1.165, 1.54) is 5.56 Å². The number of hydrogen-bond acceptors (Lipinski definition) is 3. The highest BCUT2D eigenvalue weighted by atomic mass is 16.5.